The van der Waals surface area contributed by atoms with Crippen molar-refractivity contribution in [1.29, 1.82) is 0 Å². The van der Waals surface area contributed by atoms with Crippen molar-refractivity contribution >= 4 is 29.2 Å². The maximum Gasteiger partial charge on any atom is 0.319 e. The third-order valence-electron chi connectivity index (χ3n) is 6.93. The van der Waals surface area contributed by atoms with E-state index in [-0.39, 0.29) is 12.5 Å². The Morgan fingerprint density at radius 2 is 1.83 bits per heavy atom. The second kappa shape index (κ2) is 12.7. The van der Waals surface area contributed by atoms with Gasteiger partial charge in [-0.15, -0.1) is 0 Å². The predicted molar refractivity (Wildman–Crippen MR) is 132 cm³/mol. The van der Waals surface area contributed by atoms with Crippen LogP contribution in [0.25, 0.3) is 0 Å². The Hall–Kier alpha value is -2.88. The molecule has 1 unspecified atom stereocenters. The summed E-state index contributed by atoms with van der Waals surface area (Å²) in [5, 5.41) is 14.4. The minimum atomic E-state index is -0.895. The van der Waals surface area contributed by atoms with Gasteiger partial charge in [-0.2, -0.15) is 0 Å². The van der Waals surface area contributed by atoms with Crippen molar-refractivity contribution in [3.05, 3.63) is 24.0 Å². The quantitative estimate of drug-likeness (QED) is 0.296. The maximum absolute atomic E-state index is 14.0. The Balaban J connectivity index is 1.70. The molecule has 4 N–H and O–H groups in total. The molecular formula is C25H38FN5O4. The van der Waals surface area contributed by atoms with Gasteiger partial charge in [0.05, 0.1) is 11.4 Å². The fourth-order valence-electron chi connectivity index (χ4n) is 4.97. The molecule has 194 valence electrons. The van der Waals surface area contributed by atoms with Gasteiger partial charge in [-0.05, 0) is 49.3 Å². The van der Waals surface area contributed by atoms with Gasteiger partial charge < -0.3 is 20.4 Å². The molecule has 0 bridgehead atoms. The van der Waals surface area contributed by atoms with Gasteiger partial charge in [0, 0.05) is 19.6 Å². The summed E-state index contributed by atoms with van der Waals surface area (Å²) in [6.45, 7) is 5.35. The molecule has 0 spiro atoms. The van der Waals surface area contributed by atoms with Crippen molar-refractivity contribution in [2.75, 3.05) is 36.4 Å². The number of nitrogens with one attached hydrogen (secondary N) is 3. The third-order valence-corrected chi connectivity index (χ3v) is 6.93. The molecule has 1 saturated carbocycles. The Morgan fingerprint density at radius 3 is 2.46 bits per heavy atom. The molecule has 1 aliphatic heterocycles. The van der Waals surface area contributed by atoms with Gasteiger partial charge in [-0.1, -0.05) is 39.5 Å². The average Bonchev–Trinajstić information content (AvgIpc) is 3.54. The normalized spacial score (nSPS) is 16.9. The van der Waals surface area contributed by atoms with E-state index >= 15 is 0 Å². The van der Waals surface area contributed by atoms with E-state index in [2.05, 4.69) is 15.5 Å². The van der Waals surface area contributed by atoms with Crippen LogP contribution in [0.3, 0.4) is 0 Å². The molecular weight excluding hydrogens is 453 g/mol. The van der Waals surface area contributed by atoms with Crippen LogP contribution in [0.2, 0.25) is 0 Å². The first kappa shape index (κ1) is 26.7. The van der Waals surface area contributed by atoms with Crippen molar-refractivity contribution in [3.8, 4) is 0 Å². The van der Waals surface area contributed by atoms with Crippen molar-refractivity contribution in [3.63, 3.8) is 0 Å². The number of benzene rings is 1. The van der Waals surface area contributed by atoms with Crippen molar-refractivity contribution in [2.24, 2.45) is 11.8 Å². The van der Waals surface area contributed by atoms with Crippen LogP contribution >= 0.6 is 0 Å². The predicted octanol–water partition coefficient (Wildman–Crippen LogP) is 3.49. The van der Waals surface area contributed by atoms with Gasteiger partial charge in [-0.25, -0.2) is 14.7 Å². The zero-order valence-electron chi connectivity index (χ0n) is 20.7. The number of carbonyl (C=O) groups is 3. The molecule has 3 rings (SSSR count). The zero-order chi connectivity index (χ0) is 25.4. The summed E-state index contributed by atoms with van der Waals surface area (Å²) in [5.74, 6) is -1.30. The third kappa shape index (κ3) is 7.55. The molecule has 1 aliphatic carbocycles. The van der Waals surface area contributed by atoms with Gasteiger partial charge in [-0.3, -0.25) is 14.8 Å². The number of hydrogen-bond acceptors (Lipinski definition) is 5. The summed E-state index contributed by atoms with van der Waals surface area (Å²) in [6.07, 6.45) is 7.39. The van der Waals surface area contributed by atoms with Gasteiger partial charge in [0.25, 0.3) is 5.91 Å². The summed E-state index contributed by atoms with van der Waals surface area (Å²) in [5.41, 5.74) is 2.67. The van der Waals surface area contributed by atoms with E-state index in [0.29, 0.717) is 18.2 Å². The van der Waals surface area contributed by atoms with E-state index in [9.17, 15) is 18.8 Å². The number of rotatable bonds is 10. The minimum Gasteiger partial charge on any atom is -0.370 e. The van der Waals surface area contributed by atoms with Crippen LogP contribution in [0.5, 0.6) is 0 Å². The van der Waals surface area contributed by atoms with Crippen molar-refractivity contribution < 1.29 is 24.0 Å². The highest BCUT2D eigenvalue weighted by Crippen LogP contribution is 2.30. The van der Waals surface area contributed by atoms with Gasteiger partial charge in [0.15, 0.2) is 0 Å². The first-order valence-electron chi connectivity index (χ1n) is 12.6. The molecule has 10 heteroatoms. The molecule has 9 nitrogen and oxygen atoms in total. The van der Waals surface area contributed by atoms with Crippen molar-refractivity contribution in [2.45, 2.75) is 64.8 Å². The van der Waals surface area contributed by atoms with Crippen LogP contribution < -0.4 is 21.0 Å². The highest BCUT2D eigenvalue weighted by molar-refractivity contribution is 5.97. The number of hydrogen-bond donors (Lipinski definition) is 4. The summed E-state index contributed by atoms with van der Waals surface area (Å²) in [6, 6.07) is 2.78. The number of carbonyl (C=O) groups excluding carboxylic acids is 3. The average molecular weight is 492 g/mol. The highest BCUT2D eigenvalue weighted by Gasteiger charge is 2.31. The van der Waals surface area contributed by atoms with E-state index in [0.717, 1.165) is 50.9 Å². The fourth-order valence-corrected chi connectivity index (χ4v) is 4.97. The van der Waals surface area contributed by atoms with Crippen LogP contribution in [-0.2, 0) is 9.59 Å². The van der Waals surface area contributed by atoms with Gasteiger partial charge in [0.1, 0.15) is 18.4 Å². The highest BCUT2D eigenvalue weighted by atomic mass is 19.1. The van der Waals surface area contributed by atoms with E-state index < -0.39 is 29.7 Å². The van der Waals surface area contributed by atoms with Gasteiger partial charge >= 0.3 is 6.03 Å². The van der Waals surface area contributed by atoms with Crippen molar-refractivity contribution in [1.82, 2.24) is 15.7 Å². The lowest BCUT2D eigenvalue weighted by atomic mass is 10.0. The standard InChI is InChI=1S/C25H38FN5O4/c1-17(2)23(24(33)31(16-22(32)29-35)14-11-18-7-3-4-8-18)28-25(34)27-20-15-19(26)9-10-21(20)30-12-5-6-13-30/h9-10,15,17-18,23,35H,3-8,11-14,16H2,1-2H3,(H,29,32)(H2,27,28,34). The minimum absolute atomic E-state index is 0.259. The topological polar surface area (TPSA) is 114 Å². The van der Waals surface area contributed by atoms with E-state index in [1.807, 2.05) is 13.8 Å². The Labute approximate surface area is 206 Å². The Morgan fingerprint density at radius 1 is 1.14 bits per heavy atom. The fraction of sp³-hybridized carbons (Fsp3) is 0.640. The summed E-state index contributed by atoms with van der Waals surface area (Å²) in [4.78, 5) is 41.7. The zero-order valence-corrected chi connectivity index (χ0v) is 20.7. The molecule has 0 radical (unpaired) electrons. The van der Waals surface area contributed by atoms with Crippen LogP contribution in [-0.4, -0.2) is 60.2 Å². The number of anilines is 2. The largest absolute Gasteiger partial charge is 0.370 e. The number of amides is 4. The van der Waals surface area contributed by atoms with Crippen LogP contribution in [0.15, 0.2) is 18.2 Å². The molecule has 1 atom stereocenters. The SMILES string of the molecule is CC(C)C(NC(=O)Nc1cc(F)ccc1N1CCCC1)C(=O)N(CCC1CCCC1)CC(=O)NO. The molecule has 2 fully saturated rings. The van der Waals surface area contributed by atoms with E-state index in [4.69, 9.17) is 5.21 Å². The maximum atomic E-state index is 14.0. The molecule has 2 aliphatic rings. The second-order valence-electron chi connectivity index (χ2n) is 9.91. The monoisotopic (exact) mass is 491 g/mol. The molecule has 35 heavy (non-hydrogen) atoms. The lowest BCUT2D eigenvalue weighted by Crippen LogP contribution is -2.54. The number of urea groups is 1. The first-order chi connectivity index (χ1) is 16.8. The molecule has 0 aromatic heterocycles. The molecule has 4 amide bonds. The summed E-state index contributed by atoms with van der Waals surface area (Å²) >= 11 is 0. The lowest BCUT2D eigenvalue weighted by molar-refractivity contribution is -0.141. The van der Waals surface area contributed by atoms with Crippen LogP contribution in [0, 0.1) is 17.7 Å². The first-order valence-corrected chi connectivity index (χ1v) is 12.6. The number of halogens is 1. The second-order valence-corrected chi connectivity index (χ2v) is 9.91. The molecule has 1 saturated heterocycles. The number of hydroxylamine groups is 1. The smallest absolute Gasteiger partial charge is 0.319 e. The molecule has 1 aromatic rings. The Kier molecular flexibility index (Phi) is 9.71. The Bertz CT molecular complexity index is 885. The summed E-state index contributed by atoms with van der Waals surface area (Å²) in [7, 11) is 0. The van der Waals surface area contributed by atoms with Crippen LogP contribution in [0.4, 0.5) is 20.6 Å². The lowest BCUT2D eigenvalue weighted by Gasteiger charge is -2.30. The van der Waals surface area contributed by atoms with Crippen LogP contribution in [0.1, 0.15) is 58.8 Å². The number of nitrogens with zero attached hydrogens (tertiary/aromatic N) is 2. The summed E-state index contributed by atoms with van der Waals surface area (Å²) < 4.78 is 14.0. The van der Waals surface area contributed by atoms with E-state index in [1.54, 1.807) is 11.5 Å². The molecule has 1 heterocycles. The molecule has 1 aromatic carbocycles. The van der Waals surface area contributed by atoms with E-state index in [1.165, 1.54) is 29.9 Å². The van der Waals surface area contributed by atoms with Gasteiger partial charge in [0.2, 0.25) is 5.91 Å².